The van der Waals surface area contributed by atoms with Crippen LogP contribution in [0.15, 0.2) is 17.9 Å². The van der Waals surface area contributed by atoms with Gasteiger partial charge in [0.2, 0.25) is 5.65 Å². The van der Waals surface area contributed by atoms with Crippen LogP contribution in [0.3, 0.4) is 0 Å². The number of nitrogens with zero attached hydrogens (tertiary/aromatic N) is 5. The van der Waals surface area contributed by atoms with Crippen molar-refractivity contribution in [2.24, 2.45) is 0 Å². The molecule has 0 aromatic carbocycles. The van der Waals surface area contributed by atoms with Crippen molar-refractivity contribution in [1.82, 2.24) is 24.6 Å². The first kappa shape index (κ1) is 11.1. The van der Waals surface area contributed by atoms with Crippen LogP contribution in [-0.4, -0.2) is 24.6 Å². The molecule has 18 heavy (non-hydrogen) atoms. The van der Waals surface area contributed by atoms with Crippen molar-refractivity contribution in [1.29, 1.82) is 0 Å². The summed E-state index contributed by atoms with van der Waals surface area (Å²) in [6.45, 7) is 4.62. The zero-order chi connectivity index (χ0) is 12.5. The molecule has 7 heteroatoms. The molecule has 3 rings (SSSR count). The topological polar surface area (TPSA) is 68.0 Å². The van der Waals surface area contributed by atoms with Crippen molar-refractivity contribution < 1.29 is 0 Å². The van der Waals surface area contributed by atoms with Crippen LogP contribution < -0.4 is 5.32 Å². The lowest BCUT2D eigenvalue weighted by atomic mass is 10.4. The molecule has 92 valence electrons. The number of hydrogen-bond donors (Lipinski definition) is 1. The van der Waals surface area contributed by atoms with Crippen molar-refractivity contribution in [3.05, 3.63) is 34.3 Å². The molecule has 0 aliphatic carbocycles. The lowest BCUT2D eigenvalue weighted by Gasteiger charge is -2.05. The van der Waals surface area contributed by atoms with Crippen LogP contribution in [0.25, 0.3) is 5.65 Å². The van der Waals surface area contributed by atoms with Crippen LogP contribution in [0.4, 0.5) is 5.82 Å². The molecule has 0 atom stereocenters. The SMILES string of the molecule is Cc1ncsc1CNc1nccn2c(C)nnc12. The maximum atomic E-state index is 4.30. The first-order chi connectivity index (χ1) is 8.75. The van der Waals surface area contributed by atoms with Crippen molar-refractivity contribution in [2.45, 2.75) is 20.4 Å². The predicted octanol–water partition coefficient (Wildman–Crippen LogP) is 1.81. The Bertz CT molecular complexity index is 686. The second kappa shape index (κ2) is 4.34. The van der Waals surface area contributed by atoms with E-state index in [-0.39, 0.29) is 0 Å². The maximum absolute atomic E-state index is 4.30. The second-order valence-corrected chi connectivity index (χ2v) is 4.87. The molecule has 0 radical (unpaired) electrons. The number of nitrogens with one attached hydrogen (secondary N) is 1. The monoisotopic (exact) mass is 260 g/mol. The lowest BCUT2D eigenvalue weighted by Crippen LogP contribution is -2.03. The van der Waals surface area contributed by atoms with E-state index in [1.165, 1.54) is 4.88 Å². The highest BCUT2D eigenvalue weighted by molar-refractivity contribution is 7.09. The van der Waals surface area contributed by atoms with Crippen LogP contribution in [0.2, 0.25) is 0 Å². The van der Waals surface area contributed by atoms with E-state index in [0.717, 1.165) is 23.0 Å². The van der Waals surface area contributed by atoms with Gasteiger partial charge in [0.1, 0.15) is 5.82 Å². The Kier molecular flexibility index (Phi) is 2.67. The number of fused-ring (bicyclic) bond motifs is 1. The average Bonchev–Trinajstić information content (AvgIpc) is 2.95. The van der Waals surface area contributed by atoms with Gasteiger partial charge in [0.05, 0.1) is 17.7 Å². The normalized spacial score (nSPS) is 11.0. The van der Waals surface area contributed by atoms with Gasteiger partial charge in [-0.3, -0.25) is 4.40 Å². The minimum absolute atomic E-state index is 0.703. The van der Waals surface area contributed by atoms with Gasteiger partial charge in [0, 0.05) is 17.3 Å². The third-order valence-electron chi connectivity index (χ3n) is 2.76. The molecule has 0 fully saturated rings. The fourth-order valence-electron chi connectivity index (χ4n) is 1.73. The molecule has 3 aromatic rings. The summed E-state index contributed by atoms with van der Waals surface area (Å²) in [5, 5.41) is 11.4. The number of rotatable bonds is 3. The number of anilines is 1. The van der Waals surface area contributed by atoms with Crippen LogP contribution >= 0.6 is 11.3 Å². The number of aryl methyl sites for hydroxylation is 2. The Labute approximate surface area is 108 Å². The minimum Gasteiger partial charge on any atom is -0.362 e. The highest BCUT2D eigenvalue weighted by Gasteiger charge is 2.08. The quantitative estimate of drug-likeness (QED) is 0.778. The molecule has 0 bridgehead atoms. The zero-order valence-electron chi connectivity index (χ0n) is 10.1. The molecule has 3 heterocycles. The van der Waals surface area contributed by atoms with E-state index in [4.69, 9.17) is 0 Å². The zero-order valence-corrected chi connectivity index (χ0v) is 10.9. The molecule has 0 saturated carbocycles. The summed E-state index contributed by atoms with van der Waals surface area (Å²) >= 11 is 1.64. The highest BCUT2D eigenvalue weighted by atomic mass is 32.1. The Hall–Kier alpha value is -2.02. The summed E-state index contributed by atoms with van der Waals surface area (Å²) in [7, 11) is 0. The van der Waals surface area contributed by atoms with E-state index in [0.29, 0.717) is 6.54 Å². The third kappa shape index (κ3) is 1.82. The smallest absolute Gasteiger partial charge is 0.203 e. The van der Waals surface area contributed by atoms with E-state index in [1.807, 2.05) is 30.0 Å². The Balaban J connectivity index is 1.89. The van der Waals surface area contributed by atoms with Gasteiger partial charge >= 0.3 is 0 Å². The van der Waals surface area contributed by atoms with E-state index in [2.05, 4.69) is 25.5 Å². The van der Waals surface area contributed by atoms with E-state index in [1.54, 1.807) is 17.5 Å². The highest BCUT2D eigenvalue weighted by Crippen LogP contribution is 2.16. The van der Waals surface area contributed by atoms with Crippen molar-refractivity contribution >= 4 is 22.8 Å². The van der Waals surface area contributed by atoms with Gasteiger partial charge in [-0.2, -0.15) is 0 Å². The maximum Gasteiger partial charge on any atom is 0.203 e. The molecule has 0 aliphatic heterocycles. The summed E-state index contributed by atoms with van der Waals surface area (Å²) in [5.41, 5.74) is 3.65. The molecule has 0 aliphatic rings. The van der Waals surface area contributed by atoms with Gasteiger partial charge in [0.15, 0.2) is 5.82 Å². The molecule has 3 aromatic heterocycles. The molecule has 0 spiro atoms. The minimum atomic E-state index is 0.703. The Morgan fingerprint density at radius 3 is 2.94 bits per heavy atom. The van der Waals surface area contributed by atoms with Gasteiger partial charge < -0.3 is 5.32 Å². The first-order valence-electron chi connectivity index (χ1n) is 5.55. The second-order valence-electron chi connectivity index (χ2n) is 3.93. The summed E-state index contributed by atoms with van der Waals surface area (Å²) in [6.07, 6.45) is 3.60. The van der Waals surface area contributed by atoms with Gasteiger partial charge in [-0.1, -0.05) is 0 Å². The number of hydrogen-bond acceptors (Lipinski definition) is 6. The van der Waals surface area contributed by atoms with Gasteiger partial charge in [-0.05, 0) is 13.8 Å². The molecule has 0 unspecified atom stereocenters. The summed E-state index contributed by atoms with van der Waals surface area (Å²) in [6, 6.07) is 0. The van der Waals surface area contributed by atoms with E-state index >= 15 is 0 Å². The van der Waals surface area contributed by atoms with Crippen molar-refractivity contribution in [2.75, 3.05) is 5.32 Å². The van der Waals surface area contributed by atoms with Gasteiger partial charge in [-0.25, -0.2) is 9.97 Å². The fraction of sp³-hybridized carbons (Fsp3) is 0.273. The van der Waals surface area contributed by atoms with Crippen LogP contribution in [0.1, 0.15) is 16.4 Å². The van der Waals surface area contributed by atoms with Gasteiger partial charge in [0.25, 0.3) is 0 Å². The number of aromatic nitrogens is 5. The predicted molar refractivity (Wildman–Crippen MR) is 69.7 cm³/mol. The van der Waals surface area contributed by atoms with Crippen molar-refractivity contribution in [3.63, 3.8) is 0 Å². The molecule has 0 saturated heterocycles. The Morgan fingerprint density at radius 1 is 1.28 bits per heavy atom. The number of thiazole rings is 1. The van der Waals surface area contributed by atoms with Crippen LogP contribution in [0.5, 0.6) is 0 Å². The fourth-order valence-corrected chi connectivity index (χ4v) is 2.44. The largest absolute Gasteiger partial charge is 0.362 e. The van der Waals surface area contributed by atoms with Crippen molar-refractivity contribution in [3.8, 4) is 0 Å². The first-order valence-corrected chi connectivity index (χ1v) is 6.43. The lowest BCUT2D eigenvalue weighted by molar-refractivity contribution is 1.000. The van der Waals surface area contributed by atoms with Crippen LogP contribution in [0, 0.1) is 13.8 Å². The van der Waals surface area contributed by atoms with Crippen LogP contribution in [-0.2, 0) is 6.54 Å². The standard InChI is InChI=1S/C11H12N6S/c1-7-9(18-6-14-7)5-13-10-11-16-15-8(2)17(11)4-3-12-10/h3-4,6H,5H2,1-2H3,(H,12,13). The Morgan fingerprint density at radius 2 is 2.17 bits per heavy atom. The molecule has 6 nitrogen and oxygen atoms in total. The van der Waals surface area contributed by atoms with E-state index < -0.39 is 0 Å². The molecule has 0 amide bonds. The summed E-state index contributed by atoms with van der Waals surface area (Å²) in [4.78, 5) is 9.72. The summed E-state index contributed by atoms with van der Waals surface area (Å²) in [5.74, 6) is 1.59. The van der Waals surface area contributed by atoms with Gasteiger partial charge in [-0.15, -0.1) is 21.5 Å². The summed E-state index contributed by atoms with van der Waals surface area (Å²) < 4.78 is 1.91. The third-order valence-corrected chi connectivity index (χ3v) is 3.69. The molecule has 1 N–H and O–H groups in total. The van der Waals surface area contributed by atoms with E-state index in [9.17, 15) is 0 Å². The average molecular weight is 260 g/mol. The molecular formula is C11H12N6S. The molecular weight excluding hydrogens is 248 g/mol.